The molecule has 2 aliphatic rings. The summed E-state index contributed by atoms with van der Waals surface area (Å²) < 4.78 is 2.28. The maximum absolute atomic E-state index is 13.6. The van der Waals surface area contributed by atoms with Crippen LogP contribution in [0.3, 0.4) is 0 Å². The minimum atomic E-state index is 0.0206. The van der Waals surface area contributed by atoms with Gasteiger partial charge in [0.05, 0.1) is 24.1 Å². The number of hydrogen-bond donors (Lipinski definition) is 0. The van der Waals surface area contributed by atoms with Gasteiger partial charge in [0.25, 0.3) is 5.91 Å². The molecule has 0 spiro atoms. The number of carbonyl (C=O) groups is 1. The van der Waals surface area contributed by atoms with E-state index in [1.54, 1.807) is 6.20 Å². The zero-order valence-electron chi connectivity index (χ0n) is 19.1. The lowest BCUT2D eigenvalue weighted by Gasteiger charge is -2.30. The van der Waals surface area contributed by atoms with E-state index in [2.05, 4.69) is 50.8 Å². The van der Waals surface area contributed by atoms with E-state index in [9.17, 15) is 4.79 Å². The van der Waals surface area contributed by atoms with Gasteiger partial charge in [-0.1, -0.05) is 48.5 Å². The smallest absolute Gasteiger partial charge is 0.262 e. The Balaban J connectivity index is 1.21. The highest BCUT2D eigenvalue weighted by Gasteiger charge is 2.30. The van der Waals surface area contributed by atoms with Crippen LogP contribution >= 0.6 is 0 Å². The number of anilines is 2. The van der Waals surface area contributed by atoms with Gasteiger partial charge in [-0.2, -0.15) is 0 Å². The van der Waals surface area contributed by atoms with Gasteiger partial charge in [-0.3, -0.25) is 4.79 Å². The van der Waals surface area contributed by atoms with Gasteiger partial charge in [-0.15, -0.1) is 0 Å². The van der Waals surface area contributed by atoms with E-state index in [4.69, 9.17) is 4.98 Å². The maximum Gasteiger partial charge on any atom is 0.262 e. The van der Waals surface area contributed by atoms with E-state index in [0.29, 0.717) is 18.7 Å². The van der Waals surface area contributed by atoms with Gasteiger partial charge in [0.2, 0.25) is 0 Å². The fourth-order valence-corrected chi connectivity index (χ4v) is 5.15. The molecule has 6 heteroatoms. The molecule has 0 unspecified atom stereocenters. The molecule has 1 amide bonds. The van der Waals surface area contributed by atoms with Crippen LogP contribution in [0, 0.1) is 0 Å². The van der Waals surface area contributed by atoms with Crippen LogP contribution in [-0.4, -0.2) is 33.5 Å². The number of imidazole rings is 1. The van der Waals surface area contributed by atoms with Crippen molar-refractivity contribution in [1.82, 2.24) is 14.5 Å². The number of para-hydroxylation sites is 1. The monoisotopic (exact) mass is 449 g/mol. The number of nitrogens with zero attached hydrogens (tertiary/aromatic N) is 5. The third-order valence-electron chi connectivity index (χ3n) is 6.93. The summed E-state index contributed by atoms with van der Waals surface area (Å²) >= 11 is 0. The van der Waals surface area contributed by atoms with Crippen molar-refractivity contribution < 1.29 is 4.79 Å². The van der Waals surface area contributed by atoms with Crippen molar-refractivity contribution in [2.75, 3.05) is 22.9 Å². The Morgan fingerprint density at radius 1 is 0.882 bits per heavy atom. The molecule has 4 aromatic rings. The van der Waals surface area contributed by atoms with Gasteiger partial charge in [-0.25, -0.2) is 9.97 Å². The molecule has 0 fully saturated rings. The number of hydrogen-bond acceptors (Lipinski definition) is 4. The van der Waals surface area contributed by atoms with Crippen LogP contribution < -0.4 is 9.80 Å². The van der Waals surface area contributed by atoms with Crippen molar-refractivity contribution in [1.29, 1.82) is 0 Å². The molecular weight excluding hydrogens is 422 g/mol. The van der Waals surface area contributed by atoms with Crippen LogP contribution in [0.4, 0.5) is 11.5 Å². The topological polar surface area (TPSA) is 54.3 Å². The Hall–Kier alpha value is -3.93. The van der Waals surface area contributed by atoms with Gasteiger partial charge >= 0.3 is 0 Å². The van der Waals surface area contributed by atoms with Gasteiger partial charge in [-0.05, 0) is 42.2 Å². The Morgan fingerprint density at radius 3 is 2.65 bits per heavy atom. The van der Waals surface area contributed by atoms with Crippen LogP contribution in [0.1, 0.15) is 32.9 Å². The lowest BCUT2D eigenvalue weighted by atomic mass is 10.1. The predicted octanol–water partition coefficient (Wildman–Crippen LogP) is 4.29. The Labute approximate surface area is 199 Å². The molecule has 6 nitrogen and oxygen atoms in total. The number of pyridine rings is 1. The van der Waals surface area contributed by atoms with Crippen molar-refractivity contribution in [2.45, 2.75) is 32.4 Å². The van der Waals surface area contributed by atoms with Crippen LogP contribution in [0.15, 0.2) is 79.3 Å². The highest BCUT2D eigenvalue weighted by Crippen LogP contribution is 2.32. The van der Waals surface area contributed by atoms with E-state index < -0.39 is 0 Å². The summed E-state index contributed by atoms with van der Waals surface area (Å²) in [6, 6.07) is 22.5. The molecular formula is C28H27N5O. The second-order valence-corrected chi connectivity index (χ2v) is 8.95. The lowest BCUT2D eigenvalue weighted by Crippen LogP contribution is -2.35. The average Bonchev–Trinajstić information content (AvgIpc) is 3.51. The molecule has 4 heterocycles. The molecule has 6 rings (SSSR count). The van der Waals surface area contributed by atoms with E-state index in [1.165, 1.54) is 16.8 Å². The summed E-state index contributed by atoms with van der Waals surface area (Å²) in [4.78, 5) is 27.1. The van der Waals surface area contributed by atoms with E-state index in [0.717, 1.165) is 49.6 Å². The fraction of sp³-hybridized carbons (Fsp3) is 0.250. The molecule has 0 saturated heterocycles. The van der Waals surface area contributed by atoms with Crippen molar-refractivity contribution in [3.05, 3.63) is 107 Å². The summed E-state index contributed by atoms with van der Waals surface area (Å²) in [5.41, 5.74) is 6.61. The molecule has 0 bridgehead atoms. The first-order valence-electron chi connectivity index (χ1n) is 11.9. The SMILES string of the molecule is O=C(c1cccnc1N1CCc2c(ncn2CCc2ccccc2)C1)N1CCc2ccccc21. The van der Waals surface area contributed by atoms with Crippen molar-refractivity contribution in [3.8, 4) is 0 Å². The molecule has 0 atom stereocenters. The number of amides is 1. The number of benzene rings is 2. The number of rotatable bonds is 5. The molecule has 0 aliphatic carbocycles. The minimum absolute atomic E-state index is 0.0206. The lowest BCUT2D eigenvalue weighted by molar-refractivity contribution is 0.0989. The van der Waals surface area contributed by atoms with Gasteiger partial charge < -0.3 is 14.4 Å². The molecule has 0 N–H and O–H groups in total. The fourth-order valence-electron chi connectivity index (χ4n) is 5.15. The van der Waals surface area contributed by atoms with Crippen molar-refractivity contribution in [3.63, 3.8) is 0 Å². The number of carbonyl (C=O) groups excluding carboxylic acids is 1. The first kappa shape index (κ1) is 20.7. The summed E-state index contributed by atoms with van der Waals surface area (Å²) in [6.07, 6.45) is 6.51. The van der Waals surface area contributed by atoms with Gasteiger partial charge in [0, 0.05) is 43.6 Å². The average molecular weight is 450 g/mol. The summed E-state index contributed by atoms with van der Waals surface area (Å²) in [5, 5.41) is 0. The molecule has 0 radical (unpaired) electrons. The Morgan fingerprint density at radius 2 is 1.74 bits per heavy atom. The highest BCUT2D eigenvalue weighted by molar-refractivity contribution is 6.10. The largest absolute Gasteiger partial charge is 0.350 e. The number of fused-ring (bicyclic) bond motifs is 2. The van der Waals surface area contributed by atoms with E-state index >= 15 is 0 Å². The quantitative estimate of drug-likeness (QED) is 0.456. The zero-order valence-corrected chi connectivity index (χ0v) is 19.1. The Kier molecular flexibility index (Phi) is 5.34. The summed E-state index contributed by atoms with van der Waals surface area (Å²) in [5.74, 6) is 0.772. The second-order valence-electron chi connectivity index (χ2n) is 8.95. The van der Waals surface area contributed by atoms with Gasteiger partial charge in [0.1, 0.15) is 5.82 Å². The standard InChI is InChI=1S/C28H27N5O/c34-28(33-18-13-22-9-4-5-11-25(22)33)23-10-6-15-29-27(23)31-17-14-26-24(19-31)30-20-32(26)16-12-21-7-2-1-3-8-21/h1-11,15,20H,12-14,16-19H2. The van der Waals surface area contributed by atoms with Crippen LogP contribution in [0.5, 0.6) is 0 Å². The number of aryl methyl sites for hydroxylation is 2. The number of aromatic nitrogens is 3. The van der Waals surface area contributed by atoms with Crippen LogP contribution in [0.2, 0.25) is 0 Å². The molecule has 2 aromatic heterocycles. The summed E-state index contributed by atoms with van der Waals surface area (Å²) in [7, 11) is 0. The van der Waals surface area contributed by atoms with Gasteiger partial charge in [0.15, 0.2) is 0 Å². The second kappa shape index (κ2) is 8.78. The molecule has 170 valence electrons. The molecule has 2 aliphatic heterocycles. The predicted molar refractivity (Wildman–Crippen MR) is 133 cm³/mol. The Bertz CT molecular complexity index is 1330. The third kappa shape index (κ3) is 3.75. The first-order valence-corrected chi connectivity index (χ1v) is 11.9. The summed E-state index contributed by atoms with van der Waals surface area (Å²) in [6.45, 7) is 3.12. The zero-order chi connectivity index (χ0) is 22.9. The normalized spacial score (nSPS) is 14.7. The van der Waals surface area contributed by atoms with Crippen molar-refractivity contribution >= 4 is 17.4 Å². The first-order chi connectivity index (χ1) is 16.8. The van der Waals surface area contributed by atoms with Crippen LogP contribution in [0.25, 0.3) is 0 Å². The molecule has 0 saturated carbocycles. The third-order valence-corrected chi connectivity index (χ3v) is 6.93. The van der Waals surface area contributed by atoms with E-state index in [1.807, 2.05) is 41.6 Å². The van der Waals surface area contributed by atoms with Crippen molar-refractivity contribution in [2.24, 2.45) is 0 Å². The van der Waals surface area contributed by atoms with Crippen LogP contribution in [-0.2, 0) is 32.4 Å². The minimum Gasteiger partial charge on any atom is -0.350 e. The highest BCUT2D eigenvalue weighted by atomic mass is 16.2. The maximum atomic E-state index is 13.6. The molecule has 2 aromatic carbocycles. The molecule has 34 heavy (non-hydrogen) atoms. The van der Waals surface area contributed by atoms with E-state index in [-0.39, 0.29) is 5.91 Å².